The lowest BCUT2D eigenvalue weighted by Crippen LogP contribution is -2.25. The van der Waals surface area contributed by atoms with Gasteiger partial charge in [-0.1, -0.05) is 46.3 Å². The fourth-order valence-electron chi connectivity index (χ4n) is 4.09. The van der Waals surface area contributed by atoms with E-state index in [1.807, 2.05) is 30.3 Å². The fourth-order valence-corrected chi connectivity index (χ4v) is 4.49. The van der Waals surface area contributed by atoms with Crippen LogP contribution in [-0.2, 0) is 16.1 Å². The molecule has 4 aromatic rings. The number of carbonyl (C=O) groups is 1. The van der Waals surface area contributed by atoms with Gasteiger partial charge in [-0.25, -0.2) is 0 Å². The van der Waals surface area contributed by atoms with E-state index < -0.39 is 6.23 Å². The number of benzene rings is 3. The largest absolute Gasteiger partial charge is 0.446 e. The Balaban J connectivity index is 1.61. The van der Waals surface area contributed by atoms with Crippen LogP contribution in [0.15, 0.2) is 76.3 Å². The molecule has 1 aliphatic heterocycles. The van der Waals surface area contributed by atoms with E-state index in [-0.39, 0.29) is 5.91 Å². The molecule has 0 unspecified atom stereocenters. The molecule has 1 aromatic heterocycles. The molecule has 30 heavy (non-hydrogen) atoms. The Morgan fingerprint density at radius 2 is 1.83 bits per heavy atom. The normalized spacial score (nSPS) is 16.2. The van der Waals surface area contributed by atoms with Gasteiger partial charge in [-0.3, -0.25) is 4.79 Å². The average Bonchev–Trinajstić information content (AvgIpc) is 3.33. The van der Waals surface area contributed by atoms with Crippen molar-refractivity contribution in [2.75, 3.05) is 0 Å². The first kappa shape index (κ1) is 18.9. The van der Waals surface area contributed by atoms with Gasteiger partial charge in [0.05, 0.1) is 0 Å². The number of amides is 1. The maximum absolute atomic E-state index is 12.3. The molecule has 2 heterocycles. The molecular formula is C24H20BrN3O2. The monoisotopic (exact) mass is 461 g/mol. The SMILES string of the molecule is CCn1c2ccccc2c2cc([C@H]3OC(c4cccc(Br)c4)=NN3C(C)=O)ccc21. The maximum Gasteiger partial charge on any atom is 0.243 e. The van der Waals surface area contributed by atoms with Crippen molar-refractivity contribution in [1.29, 1.82) is 0 Å². The molecule has 6 heteroatoms. The second-order valence-electron chi connectivity index (χ2n) is 7.29. The van der Waals surface area contributed by atoms with Gasteiger partial charge >= 0.3 is 0 Å². The standard InChI is InChI=1S/C24H20BrN3O2/c1-3-27-21-10-5-4-9-19(21)20-14-17(11-12-22(20)27)24-28(15(2)29)26-23(30-24)16-7-6-8-18(25)13-16/h4-14,24H,3H2,1-2H3/t24-/m1/s1. The van der Waals surface area contributed by atoms with E-state index in [9.17, 15) is 4.79 Å². The van der Waals surface area contributed by atoms with E-state index in [1.165, 1.54) is 28.4 Å². The summed E-state index contributed by atoms with van der Waals surface area (Å²) in [4.78, 5) is 12.3. The van der Waals surface area contributed by atoms with Gasteiger partial charge in [0.2, 0.25) is 18.0 Å². The van der Waals surface area contributed by atoms with Gasteiger partial charge < -0.3 is 9.30 Å². The summed E-state index contributed by atoms with van der Waals surface area (Å²) in [5, 5.41) is 8.22. The van der Waals surface area contributed by atoms with E-state index in [0.717, 1.165) is 27.5 Å². The highest BCUT2D eigenvalue weighted by Gasteiger charge is 2.33. The number of hydrazone groups is 1. The van der Waals surface area contributed by atoms with E-state index in [4.69, 9.17) is 4.74 Å². The van der Waals surface area contributed by atoms with Gasteiger partial charge in [-0.05, 0) is 43.3 Å². The zero-order valence-corrected chi connectivity index (χ0v) is 18.3. The number of carbonyl (C=O) groups excluding carboxylic acids is 1. The summed E-state index contributed by atoms with van der Waals surface area (Å²) in [7, 11) is 0. The quantitative estimate of drug-likeness (QED) is 0.386. The van der Waals surface area contributed by atoms with Crippen LogP contribution in [0.2, 0.25) is 0 Å². The topological polar surface area (TPSA) is 46.8 Å². The van der Waals surface area contributed by atoms with Crippen molar-refractivity contribution in [1.82, 2.24) is 9.58 Å². The summed E-state index contributed by atoms with van der Waals surface area (Å²) < 4.78 is 9.41. The van der Waals surface area contributed by atoms with Gasteiger partial charge in [0.1, 0.15) is 0 Å². The number of nitrogens with zero attached hydrogens (tertiary/aromatic N) is 3. The summed E-state index contributed by atoms with van der Waals surface area (Å²) in [6, 6.07) is 22.3. The first-order valence-electron chi connectivity index (χ1n) is 9.88. The molecule has 0 radical (unpaired) electrons. The molecule has 1 amide bonds. The molecule has 0 N–H and O–H groups in total. The van der Waals surface area contributed by atoms with Gasteiger partial charge in [-0.2, -0.15) is 5.01 Å². The van der Waals surface area contributed by atoms with Crippen molar-refractivity contribution < 1.29 is 9.53 Å². The molecule has 0 saturated heterocycles. The first-order chi connectivity index (χ1) is 14.6. The van der Waals surface area contributed by atoms with Crippen molar-refractivity contribution in [3.8, 4) is 0 Å². The Labute approximate surface area is 182 Å². The van der Waals surface area contributed by atoms with Gasteiger partial charge in [0.15, 0.2) is 0 Å². The van der Waals surface area contributed by atoms with Crippen molar-refractivity contribution >= 4 is 49.5 Å². The number of rotatable bonds is 3. The molecule has 1 atom stereocenters. The molecule has 0 aliphatic carbocycles. The molecular weight excluding hydrogens is 442 g/mol. The number of ether oxygens (including phenoxy) is 1. The van der Waals surface area contributed by atoms with Gasteiger partial charge in [-0.15, -0.1) is 5.10 Å². The summed E-state index contributed by atoms with van der Waals surface area (Å²) in [5.74, 6) is 0.272. The van der Waals surface area contributed by atoms with Crippen molar-refractivity contribution in [3.05, 3.63) is 82.3 Å². The molecule has 5 rings (SSSR count). The van der Waals surface area contributed by atoms with Crippen LogP contribution < -0.4 is 0 Å². The Kier molecular flexibility index (Phi) is 4.59. The van der Waals surface area contributed by atoms with Crippen LogP contribution in [0.25, 0.3) is 21.8 Å². The van der Waals surface area contributed by atoms with Crippen molar-refractivity contribution in [2.45, 2.75) is 26.6 Å². The maximum atomic E-state index is 12.3. The zero-order valence-electron chi connectivity index (χ0n) is 16.7. The van der Waals surface area contributed by atoms with Crippen LogP contribution in [0, 0.1) is 0 Å². The van der Waals surface area contributed by atoms with Gasteiger partial charge in [0, 0.05) is 50.9 Å². The number of hydrogen-bond donors (Lipinski definition) is 0. The summed E-state index contributed by atoms with van der Waals surface area (Å²) in [6.07, 6.45) is -0.593. The molecule has 0 bridgehead atoms. The minimum absolute atomic E-state index is 0.166. The molecule has 1 aliphatic rings. The summed E-state index contributed by atoms with van der Waals surface area (Å²) in [5.41, 5.74) is 4.09. The highest BCUT2D eigenvalue weighted by molar-refractivity contribution is 9.10. The first-order valence-corrected chi connectivity index (χ1v) is 10.7. The van der Waals surface area contributed by atoms with Crippen molar-refractivity contribution in [2.24, 2.45) is 5.10 Å². The Morgan fingerprint density at radius 3 is 2.60 bits per heavy atom. The van der Waals surface area contributed by atoms with Gasteiger partial charge in [0.25, 0.3) is 0 Å². The number of aromatic nitrogens is 1. The third kappa shape index (κ3) is 2.99. The average molecular weight is 462 g/mol. The molecule has 5 nitrogen and oxygen atoms in total. The highest BCUT2D eigenvalue weighted by atomic mass is 79.9. The second kappa shape index (κ2) is 7.29. The third-order valence-corrected chi connectivity index (χ3v) is 5.93. The van der Waals surface area contributed by atoms with Crippen molar-refractivity contribution in [3.63, 3.8) is 0 Å². The molecule has 0 fully saturated rings. The lowest BCUT2D eigenvalue weighted by molar-refractivity contribution is -0.135. The number of para-hydroxylation sites is 1. The Bertz CT molecular complexity index is 1320. The molecule has 3 aromatic carbocycles. The summed E-state index contributed by atoms with van der Waals surface area (Å²) >= 11 is 3.48. The number of halogens is 1. The number of fused-ring (bicyclic) bond motifs is 3. The van der Waals surface area contributed by atoms with Crippen LogP contribution in [-0.4, -0.2) is 21.4 Å². The highest BCUT2D eigenvalue weighted by Crippen LogP contribution is 2.35. The smallest absolute Gasteiger partial charge is 0.243 e. The fraction of sp³-hybridized carbons (Fsp3) is 0.167. The predicted octanol–water partition coefficient (Wildman–Crippen LogP) is 5.82. The molecule has 150 valence electrons. The van der Waals surface area contributed by atoms with Crippen LogP contribution in [0.3, 0.4) is 0 Å². The zero-order chi connectivity index (χ0) is 20.8. The predicted molar refractivity (Wildman–Crippen MR) is 122 cm³/mol. The molecule has 0 spiro atoms. The minimum atomic E-state index is -0.593. The molecule has 0 saturated carbocycles. The second-order valence-corrected chi connectivity index (χ2v) is 8.20. The third-order valence-electron chi connectivity index (χ3n) is 5.44. The van der Waals surface area contributed by atoms with E-state index in [0.29, 0.717) is 5.90 Å². The van der Waals surface area contributed by atoms with Crippen LogP contribution in [0.5, 0.6) is 0 Å². The van der Waals surface area contributed by atoms with E-state index >= 15 is 0 Å². The van der Waals surface area contributed by atoms with E-state index in [1.54, 1.807) is 0 Å². The minimum Gasteiger partial charge on any atom is -0.446 e. The van der Waals surface area contributed by atoms with E-state index in [2.05, 4.69) is 68.9 Å². The lowest BCUT2D eigenvalue weighted by atomic mass is 10.1. The van der Waals surface area contributed by atoms with Crippen LogP contribution in [0.4, 0.5) is 0 Å². The Morgan fingerprint density at radius 1 is 1.03 bits per heavy atom. The Hall–Kier alpha value is -3.12. The number of hydrogen-bond acceptors (Lipinski definition) is 3. The lowest BCUT2D eigenvalue weighted by Gasteiger charge is -2.19. The van der Waals surface area contributed by atoms with Crippen LogP contribution >= 0.6 is 15.9 Å². The number of aryl methyl sites for hydroxylation is 1. The summed E-state index contributed by atoms with van der Waals surface area (Å²) in [6.45, 7) is 4.54. The van der Waals surface area contributed by atoms with Crippen LogP contribution in [0.1, 0.15) is 31.2 Å².